The molecule has 45 heavy (non-hydrogen) atoms. The number of para-hydroxylation sites is 2. The highest BCUT2D eigenvalue weighted by molar-refractivity contribution is 7.26. The third kappa shape index (κ3) is 4.32. The molecule has 0 unspecified atom stereocenters. The fourth-order valence-corrected chi connectivity index (χ4v) is 7.79. The number of hydrogen-bond acceptors (Lipinski definition) is 3. The van der Waals surface area contributed by atoms with E-state index in [4.69, 9.17) is 4.42 Å². The highest BCUT2D eigenvalue weighted by Crippen LogP contribution is 2.50. The largest absolute Gasteiger partial charge is 0.454 e. The number of rotatable bonds is 5. The third-order valence-corrected chi connectivity index (χ3v) is 9.82. The molecule has 0 aliphatic heterocycles. The van der Waals surface area contributed by atoms with Crippen molar-refractivity contribution in [3.8, 4) is 22.3 Å². The summed E-state index contributed by atoms with van der Waals surface area (Å²) in [5.41, 5.74) is 9.64. The Labute approximate surface area is 265 Å². The van der Waals surface area contributed by atoms with Gasteiger partial charge in [-0.1, -0.05) is 115 Å². The fraction of sp³-hybridized carbons (Fsp3) is 0. The van der Waals surface area contributed by atoms with Crippen LogP contribution >= 0.6 is 11.3 Å². The van der Waals surface area contributed by atoms with Crippen molar-refractivity contribution in [1.29, 1.82) is 0 Å². The summed E-state index contributed by atoms with van der Waals surface area (Å²) >= 11 is 1.84. The predicted octanol–water partition coefficient (Wildman–Crippen LogP) is 12.8. The van der Waals surface area contributed by atoms with E-state index < -0.39 is 0 Å². The van der Waals surface area contributed by atoms with Gasteiger partial charge in [0.2, 0.25) is 0 Å². The van der Waals surface area contributed by atoms with Gasteiger partial charge in [0.1, 0.15) is 5.58 Å². The van der Waals surface area contributed by atoms with Crippen LogP contribution in [0.25, 0.3) is 64.4 Å². The molecule has 212 valence electrons. The number of hydrogen-bond donors (Lipinski definition) is 0. The zero-order valence-electron chi connectivity index (χ0n) is 24.4. The molecule has 0 atom stereocenters. The molecule has 0 N–H and O–H groups in total. The van der Waals surface area contributed by atoms with Crippen molar-refractivity contribution in [2.45, 2.75) is 0 Å². The first-order valence-electron chi connectivity index (χ1n) is 15.2. The summed E-state index contributed by atoms with van der Waals surface area (Å²) in [6.07, 6.45) is 0. The van der Waals surface area contributed by atoms with Gasteiger partial charge in [0.25, 0.3) is 0 Å². The molecule has 9 rings (SSSR count). The summed E-state index contributed by atoms with van der Waals surface area (Å²) in [5, 5.41) is 4.82. The van der Waals surface area contributed by atoms with Crippen molar-refractivity contribution in [2.75, 3.05) is 4.90 Å². The molecule has 7 aromatic carbocycles. The van der Waals surface area contributed by atoms with Crippen molar-refractivity contribution in [2.24, 2.45) is 0 Å². The van der Waals surface area contributed by atoms with Gasteiger partial charge in [0, 0.05) is 42.3 Å². The summed E-state index contributed by atoms with van der Waals surface area (Å²) in [6.45, 7) is 0. The average molecular weight is 594 g/mol. The van der Waals surface area contributed by atoms with Gasteiger partial charge < -0.3 is 9.32 Å². The normalized spacial score (nSPS) is 11.6. The lowest BCUT2D eigenvalue weighted by Gasteiger charge is -2.27. The minimum atomic E-state index is 0.894. The number of furan rings is 1. The Hall–Kier alpha value is -5.64. The van der Waals surface area contributed by atoms with Crippen molar-refractivity contribution in [3.05, 3.63) is 164 Å². The van der Waals surface area contributed by atoms with Crippen molar-refractivity contribution in [3.63, 3.8) is 0 Å². The Morgan fingerprint density at radius 3 is 1.71 bits per heavy atom. The van der Waals surface area contributed by atoms with E-state index in [-0.39, 0.29) is 0 Å². The van der Waals surface area contributed by atoms with Crippen molar-refractivity contribution >= 4 is 70.5 Å². The monoisotopic (exact) mass is 593 g/mol. The van der Waals surface area contributed by atoms with Crippen molar-refractivity contribution < 1.29 is 4.42 Å². The second-order valence-electron chi connectivity index (χ2n) is 11.3. The summed E-state index contributed by atoms with van der Waals surface area (Å²) in [5.74, 6) is 0. The molecule has 2 aromatic heterocycles. The van der Waals surface area contributed by atoms with Gasteiger partial charge in [-0.05, 0) is 70.8 Å². The van der Waals surface area contributed by atoms with Crippen LogP contribution in [0.4, 0.5) is 17.1 Å². The van der Waals surface area contributed by atoms with Crippen LogP contribution in [0.3, 0.4) is 0 Å². The summed E-state index contributed by atoms with van der Waals surface area (Å²) < 4.78 is 9.34. The first-order chi connectivity index (χ1) is 22.3. The predicted molar refractivity (Wildman–Crippen MR) is 192 cm³/mol. The fourth-order valence-electron chi connectivity index (χ4n) is 6.55. The molecule has 2 nitrogen and oxygen atoms in total. The number of benzene rings is 7. The molecular weight excluding hydrogens is 567 g/mol. The van der Waals surface area contributed by atoms with Crippen LogP contribution in [0, 0.1) is 0 Å². The SMILES string of the molecule is c1ccc(-c2cc(-c3ccccc3)cc(N(c3ccccc3)c3cc4c5ccccc5sc4c4c3oc3ccccc34)c2)cc1. The Morgan fingerprint density at radius 1 is 0.444 bits per heavy atom. The van der Waals surface area contributed by atoms with Gasteiger partial charge >= 0.3 is 0 Å². The number of anilines is 3. The molecular formula is C42H27NOS. The minimum Gasteiger partial charge on any atom is -0.454 e. The Bertz CT molecular complexity index is 2420. The van der Waals surface area contributed by atoms with Crippen LogP contribution < -0.4 is 4.90 Å². The molecule has 0 fully saturated rings. The molecule has 3 heteroatoms. The second-order valence-corrected chi connectivity index (χ2v) is 12.4. The number of thiophene rings is 1. The van der Waals surface area contributed by atoms with Crippen LogP contribution in [0.5, 0.6) is 0 Å². The van der Waals surface area contributed by atoms with E-state index in [2.05, 4.69) is 169 Å². The molecule has 0 aliphatic carbocycles. The van der Waals surface area contributed by atoms with Gasteiger partial charge in [0.05, 0.1) is 5.69 Å². The van der Waals surface area contributed by atoms with Crippen LogP contribution in [-0.2, 0) is 0 Å². The van der Waals surface area contributed by atoms with E-state index in [1.165, 1.54) is 36.7 Å². The zero-order valence-corrected chi connectivity index (χ0v) is 25.2. The lowest BCUT2D eigenvalue weighted by molar-refractivity contribution is 0.669. The lowest BCUT2D eigenvalue weighted by Crippen LogP contribution is -2.10. The van der Waals surface area contributed by atoms with Crippen LogP contribution in [-0.4, -0.2) is 0 Å². The maximum absolute atomic E-state index is 6.81. The quantitative estimate of drug-likeness (QED) is 0.197. The topological polar surface area (TPSA) is 16.4 Å². The molecule has 0 bridgehead atoms. The minimum absolute atomic E-state index is 0.894. The molecule has 0 aliphatic rings. The van der Waals surface area contributed by atoms with Crippen molar-refractivity contribution in [1.82, 2.24) is 0 Å². The van der Waals surface area contributed by atoms with Gasteiger partial charge in [-0.15, -0.1) is 11.3 Å². The maximum Gasteiger partial charge on any atom is 0.160 e. The zero-order chi connectivity index (χ0) is 29.7. The molecule has 0 radical (unpaired) electrons. The Kier molecular flexibility index (Phi) is 6.03. The maximum atomic E-state index is 6.81. The first-order valence-corrected chi connectivity index (χ1v) is 16.0. The molecule has 0 saturated carbocycles. The van der Waals surface area contributed by atoms with Gasteiger partial charge in [-0.2, -0.15) is 0 Å². The van der Waals surface area contributed by atoms with Crippen LogP contribution in [0.2, 0.25) is 0 Å². The van der Waals surface area contributed by atoms with Crippen LogP contribution in [0.15, 0.2) is 168 Å². The first kappa shape index (κ1) is 25.8. The molecule has 2 heterocycles. The van der Waals surface area contributed by atoms with E-state index in [0.717, 1.165) is 44.7 Å². The average Bonchev–Trinajstić information content (AvgIpc) is 3.68. The van der Waals surface area contributed by atoms with E-state index in [1.54, 1.807) is 0 Å². The number of fused-ring (bicyclic) bond motifs is 7. The lowest BCUT2D eigenvalue weighted by atomic mass is 9.97. The molecule has 0 amide bonds. The smallest absolute Gasteiger partial charge is 0.160 e. The van der Waals surface area contributed by atoms with Gasteiger partial charge in [-0.3, -0.25) is 0 Å². The molecule has 0 saturated heterocycles. The van der Waals surface area contributed by atoms with E-state index in [1.807, 2.05) is 11.3 Å². The van der Waals surface area contributed by atoms with E-state index >= 15 is 0 Å². The highest BCUT2D eigenvalue weighted by Gasteiger charge is 2.24. The summed E-state index contributed by atoms with van der Waals surface area (Å²) in [7, 11) is 0. The van der Waals surface area contributed by atoms with E-state index in [9.17, 15) is 0 Å². The van der Waals surface area contributed by atoms with E-state index in [0.29, 0.717) is 0 Å². The summed E-state index contributed by atoms with van der Waals surface area (Å²) in [4.78, 5) is 2.37. The highest BCUT2D eigenvalue weighted by atomic mass is 32.1. The standard InChI is InChI=1S/C42H27NOS/c1-4-14-28(15-5-1)30-24-31(29-16-6-2-7-17-29)26-33(25-30)43(32-18-8-3-9-19-32)37-27-36-34-20-11-13-23-39(34)45-42(36)40-35-21-10-12-22-38(35)44-41(37)40/h1-27H. The molecule has 9 aromatic rings. The van der Waals surface area contributed by atoms with Gasteiger partial charge in [0.15, 0.2) is 5.58 Å². The van der Waals surface area contributed by atoms with Gasteiger partial charge in [-0.25, -0.2) is 0 Å². The van der Waals surface area contributed by atoms with Crippen LogP contribution in [0.1, 0.15) is 0 Å². The Morgan fingerprint density at radius 2 is 1.02 bits per heavy atom. The summed E-state index contributed by atoms with van der Waals surface area (Å²) in [6, 6.07) is 58.3. The Balaban J connectivity index is 1.41. The third-order valence-electron chi connectivity index (χ3n) is 8.62. The molecule has 0 spiro atoms. The number of nitrogens with zero attached hydrogens (tertiary/aromatic N) is 1. The second kappa shape index (κ2) is 10.5.